The van der Waals surface area contributed by atoms with Gasteiger partial charge in [-0.25, -0.2) is 28.3 Å². The van der Waals surface area contributed by atoms with Gasteiger partial charge in [0.25, 0.3) is 0 Å². The van der Waals surface area contributed by atoms with Crippen LogP contribution >= 0.6 is 0 Å². The number of aromatic carboxylic acids is 2. The van der Waals surface area contributed by atoms with Crippen LogP contribution in [0.5, 0.6) is 0 Å². The molecule has 0 saturated heterocycles. The first-order valence-electron chi connectivity index (χ1n) is 17.2. The number of hydrogen-bond donors (Lipinski definition) is 2. The Bertz CT molecular complexity index is 2540. The first kappa shape index (κ1) is 34.6. The van der Waals surface area contributed by atoms with Crippen LogP contribution in [0.4, 0.5) is 8.78 Å². The minimum absolute atomic E-state index is 0.195. The summed E-state index contributed by atoms with van der Waals surface area (Å²) in [5.41, 5.74) is 4.06. The maximum atomic E-state index is 15.5. The molecule has 0 aliphatic carbocycles. The Morgan fingerprint density at radius 1 is 0.636 bits per heavy atom. The molecule has 0 spiro atoms. The van der Waals surface area contributed by atoms with Crippen molar-refractivity contribution in [3.8, 4) is 36.1 Å². The van der Waals surface area contributed by atoms with Crippen LogP contribution in [0.25, 0.3) is 11.4 Å². The van der Waals surface area contributed by atoms with E-state index in [0.29, 0.717) is 40.0 Å². The fourth-order valence-corrected chi connectivity index (χ4v) is 7.33. The molecule has 8 rings (SSSR count). The molecule has 0 fully saturated rings. The monoisotopic (exact) mass is 730 g/mol. The van der Waals surface area contributed by atoms with Gasteiger partial charge in [0.1, 0.15) is 24.3 Å². The van der Waals surface area contributed by atoms with Crippen LogP contribution < -0.4 is 0 Å². The molecule has 2 aliphatic heterocycles. The molecule has 55 heavy (non-hydrogen) atoms. The lowest BCUT2D eigenvalue weighted by atomic mass is 9.97. The van der Waals surface area contributed by atoms with E-state index in [4.69, 9.17) is 22.8 Å². The highest BCUT2D eigenvalue weighted by Crippen LogP contribution is 2.40. The van der Waals surface area contributed by atoms with Gasteiger partial charge in [-0.15, -0.1) is 12.8 Å². The first-order chi connectivity index (χ1) is 26.7. The number of rotatable bonds is 8. The van der Waals surface area contributed by atoms with Gasteiger partial charge in [-0.05, 0) is 79.9 Å². The lowest BCUT2D eigenvalue weighted by Crippen LogP contribution is -2.12. The van der Waals surface area contributed by atoms with Gasteiger partial charge < -0.3 is 10.2 Å². The van der Waals surface area contributed by atoms with Crippen LogP contribution in [-0.4, -0.2) is 52.7 Å². The van der Waals surface area contributed by atoms with Crippen LogP contribution in [0.15, 0.2) is 108 Å². The molecule has 2 unspecified atom stereocenters. The molecule has 4 aromatic carbocycles. The van der Waals surface area contributed by atoms with Gasteiger partial charge in [0.15, 0.2) is 11.4 Å². The third-order valence-electron chi connectivity index (χ3n) is 9.78. The number of terminal acetylenes is 2. The summed E-state index contributed by atoms with van der Waals surface area (Å²) in [7, 11) is 0. The Morgan fingerprint density at radius 2 is 1.05 bits per heavy atom. The number of benzene rings is 4. The van der Waals surface area contributed by atoms with Crippen molar-refractivity contribution in [2.75, 3.05) is 0 Å². The molecular formula is C43H28F2N6O4. The summed E-state index contributed by atoms with van der Waals surface area (Å²) in [5, 5.41) is 20.5. The van der Waals surface area contributed by atoms with E-state index in [2.05, 4.69) is 21.8 Å². The zero-order valence-corrected chi connectivity index (χ0v) is 28.8. The van der Waals surface area contributed by atoms with Gasteiger partial charge in [-0.2, -0.15) is 0 Å². The van der Waals surface area contributed by atoms with Crippen molar-refractivity contribution >= 4 is 23.4 Å². The lowest BCUT2D eigenvalue weighted by molar-refractivity contribution is 0.0678. The molecular weight excluding hydrogens is 703 g/mol. The topological polar surface area (TPSA) is 135 Å². The Kier molecular flexibility index (Phi) is 8.72. The summed E-state index contributed by atoms with van der Waals surface area (Å²) >= 11 is 0. The molecule has 0 amide bonds. The number of aromatic nitrogens is 4. The second-order valence-corrected chi connectivity index (χ2v) is 12.9. The third-order valence-corrected chi connectivity index (χ3v) is 9.78. The van der Waals surface area contributed by atoms with Gasteiger partial charge in [0, 0.05) is 33.4 Å². The van der Waals surface area contributed by atoms with Crippen molar-refractivity contribution in [1.29, 1.82) is 0 Å². The van der Waals surface area contributed by atoms with Crippen molar-refractivity contribution < 1.29 is 28.6 Å². The second-order valence-electron chi connectivity index (χ2n) is 12.9. The number of carbonyl (C=O) groups is 2. The number of aliphatic imine (C=N–C) groups is 2. The van der Waals surface area contributed by atoms with E-state index in [0.717, 1.165) is 0 Å². The van der Waals surface area contributed by atoms with E-state index in [-0.39, 0.29) is 58.2 Å². The highest BCUT2D eigenvalue weighted by molar-refractivity contribution is 6.16. The molecule has 2 atom stereocenters. The summed E-state index contributed by atoms with van der Waals surface area (Å²) in [6.07, 6.45) is 15.0. The molecule has 2 N–H and O–H groups in total. The van der Waals surface area contributed by atoms with Gasteiger partial charge in [-0.1, -0.05) is 36.1 Å². The van der Waals surface area contributed by atoms with Crippen LogP contribution in [-0.2, 0) is 0 Å². The number of hydrogen-bond acceptors (Lipinski definition) is 6. The predicted molar refractivity (Wildman–Crippen MR) is 200 cm³/mol. The summed E-state index contributed by atoms with van der Waals surface area (Å²) in [5.74, 6) is 1.61. The Hall–Kier alpha value is -7.44. The van der Waals surface area contributed by atoms with Crippen molar-refractivity contribution in [2.24, 2.45) is 9.98 Å². The number of nitrogens with zero attached hydrogens (tertiary/aromatic N) is 6. The smallest absolute Gasteiger partial charge is 0.356 e. The number of carboxylic acids is 2. The Balaban J connectivity index is 1.27. The maximum absolute atomic E-state index is 15.5. The van der Waals surface area contributed by atoms with Crippen LogP contribution in [0.2, 0.25) is 0 Å². The number of halogens is 2. The fraction of sp³-hybridized carbons (Fsp3) is 0.116. The first-order valence-corrected chi connectivity index (χ1v) is 17.2. The number of carboxylic acid groups (broad SMARTS) is 2. The van der Waals surface area contributed by atoms with Crippen molar-refractivity contribution in [2.45, 2.75) is 31.3 Å². The molecule has 6 aromatic rings. The quantitative estimate of drug-likeness (QED) is 0.157. The average Bonchev–Trinajstić information content (AvgIpc) is 3.78. The maximum Gasteiger partial charge on any atom is 0.356 e. The van der Waals surface area contributed by atoms with E-state index in [1.807, 2.05) is 0 Å². The van der Waals surface area contributed by atoms with E-state index in [1.165, 1.54) is 24.8 Å². The van der Waals surface area contributed by atoms with Crippen molar-refractivity contribution in [3.05, 3.63) is 165 Å². The zero-order valence-electron chi connectivity index (χ0n) is 28.8. The highest BCUT2D eigenvalue weighted by Gasteiger charge is 2.34. The minimum Gasteiger partial charge on any atom is -0.476 e. The van der Waals surface area contributed by atoms with E-state index < -0.39 is 35.7 Å². The Labute approximate surface area is 313 Å². The summed E-state index contributed by atoms with van der Waals surface area (Å²) in [6.45, 7) is 0. The highest BCUT2D eigenvalue weighted by atomic mass is 19.1. The summed E-state index contributed by atoms with van der Waals surface area (Å²) in [6, 6.07) is 20.8. The standard InChI is InChI=1S/C43H28F2N6O4/c1-3-24-16-18-34-28(20-24)36(26-10-5-7-12-30(26)44)48-32(40-38(42(52)53)46-22-50(34)40)14-9-15-33-41-39(43(54)55)47-23-51(41)35-19-17-25(4-2)21-29(35)37(49-33)27-11-6-8-13-31(27)45/h1-2,5-8,10-13,16-23,32-33H,9,14-15H2,(H,52,53)(H,54,55). The van der Waals surface area contributed by atoms with Gasteiger partial charge in [0.05, 0.1) is 46.3 Å². The number of fused-ring (bicyclic) bond motifs is 6. The van der Waals surface area contributed by atoms with Crippen LogP contribution in [0.1, 0.15) is 97.1 Å². The van der Waals surface area contributed by atoms with E-state index >= 15 is 8.78 Å². The molecule has 0 bridgehead atoms. The molecule has 12 heteroatoms. The summed E-state index contributed by atoms with van der Waals surface area (Å²) < 4.78 is 34.4. The minimum atomic E-state index is -1.27. The average molecular weight is 731 g/mol. The molecule has 10 nitrogen and oxygen atoms in total. The van der Waals surface area contributed by atoms with Crippen molar-refractivity contribution in [3.63, 3.8) is 0 Å². The van der Waals surface area contributed by atoms with Crippen LogP contribution in [0, 0.1) is 36.3 Å². The molecule has 268 valence electrons. The second kappa shape index (κ2) is 13.8. The third kappa shape index (κ3) is 5.96. The van der Waals surface area contributed by atoms with E-state index in [9.17, 15) is 19.8 Å². The molecule has 0 radical (unpaired) electrons. The molecule has 0 saturated carbocycles. The zero-order chi connectivity index (χ0) is 38.4. The Morgan fingerprint density at radius 3 is 1.44 bits per heavy atom. The van der Waals surface area contributed by atoms with Crippen LogP contribution in [0.3, 0.4) is 0 Å². The number of imidazole rings is 2. The molecule has 4 heterocycles. The van der Waals surface area contributed by atoms with E-state index in [1.54, 1.807) is 81.9 Å². The van der Waals surface area contributed by atoms with Gasteiger partial charge >= 0.3 is 11.9 Å². The van der Waals surface area contributed by atoms with Gasteiger partial charge in [0.2, 0.25) is 0 Å². The van der Waals surface area contributed by atoms with Gasteiger partial charge in [-0.3, -0.25) is 19.1 Å². The summed E-state index contributed by atoms with van der Waals surface area (Å²) in [4.78, 5) is 43.8. The van der Waals surface area contributed by atoms with Crippen molar-refractivity contribution in [1.82, 2.24) is 19.1 Å². The molecule has 2 aromatic heterocycles. The predicted octanol–water partition coefficient (Wildman–Crippen LogP) is 7.35. The fourth-order valence-electron chi connectivity index (χ4n) is 7.33. The largest absolute Gasteiger partial charge is 0.476 e. The normalized spacial score (nSPS) is 15.4. The lowest BCUT2D eigenvalue weighted by Gasteiger charge is -2.18. The molecule has 2 aliphatic rings. The SMILES string of the molecule is C#Cc1ccc2c(c1)C(c1ccccc1F)=NC(CCCC1N=C(c3ccccc3F)c3cc(C#C)ccc3-n3cnc(C(=O)O)c31)c1c(C(=O)O)ncn1-2.